The monoisotopic (exact) mass is 556 g/mol. The first kappa shape index (κ1) is 28.1. The second-order valence-electron chi connectivity index (χ2n) is 9.53. The van der Waals surface area contributed by atoms with Gasteiger partial charge in [0, 0.05) is 36.4 Å². The van der Waals surface area contributed by atoms with Gasteiger partial charge in [-0.15, -0.1) is 11.3 Å². The Hall–Kier alpha value is -2.88. The molecule has 2 aliphatic rings. The number of rotatable bonds is 8. The van der Waals surface area contributed by atoms with Crippen molar-refractivity contribution in [2.24, 2.45) is 0 Å². The standard InChI is InChI=1S/C29H32O7S2/c1-16-5-6-21(27-28(37-4)24(34-17(2)30)15-26(36-27)35-18(3)31)13-22(16)14-23-11-12-25(38-23)19-7-9-20(10-8-19)29(32)33/h7-13,24,26-28H,5-6,14-15H2,1-4H3,(H,32,33)/t24-,26-,27?,28+/m0/s1. The van der Waals surface area contributed by atoms with Crippen LogP contribution in [0.3, 0.4) is 0 Å². The molecule has 202 valence electrons. The van der Waals surface area contributed by atoms with Gasteiger partial charge in [-0.1, -0.05) is 23.8 Å². The zero-order valence-electron chi connectivity index (χ0n) is 21.9. The number of thiophene rings is 1. The van der Waals surface area contributed by atoms with Crippen molar-refractivity contribution in [1.82, 2.24) is 0 Å². The van der Waals surface area contributed by atoms with Crippen molar-refractivity contribution in [1.29, 1.82) is 0 Å². The van der Waals surface area contributed by atoms with Crippen molar-refractivity contribution < 1.29 is 33.7 Å². The van der Waals surface area contributed by atoms with Gasteiger partial charge in [0.15, 0.2) is 0 Å². The van der Waals surface area contributed by atoms with Crippen molar-refractivity contribution in [2.75, 3.05) is 6.26 Å². The normalized spacial score (nSPS) is 23.5. The molecule has 1 aliphatic heterocycles. The van der Waals surface area contributed by atoms with Gasteiger partial charge >= 0.3 is 17.9 Å². The summed E-state index contributed by atoms with van der Waals surface area (Å²) < 4.78 is 17.3. The molecule has 1 unspecified atom stereocenters. The molecular formula is C29H32O7S2. The molecule has 7 nitrogen and oxygen atoms in total. The molecule has 4 rings (SSSR count). The van der Waals surface area contributed by atoms with Crippen LogP contribution in [0.4, 0.5) is 0 Å². The van der Waals surface area contributed by atoms with Crippen LogP contribution in [-0.2, 0) is 30.2 Å². The van der Waals surface area contributed by atoms with Crippen molar-refractivity contribution in [3.8, 4) is 10.4 Å². The Labute approximate surface area is 230 Å². The van der Waals surface area contributed by atoms with Gasteiger partial charge in [-0.2, -0.15) is 11.8 Å². The molecule has 0 amide bonds. The highest BCUT2D eigenvalue weighted by atomic mass is 32.2. The van der Waals surface area contributed by atoms with E-state index in [4.69, 9.17) is 19.3 Å². The number of aromatic carboxylic acids is 1. The van der Waals surface area contributed by atoms with E-state index in [9.17, 15) is 14.4 Å². The largest absolute Gasteiger partial charge is 0.478 e. The first-order valence-corrected chi connectivity index (χ1v) is 14.6. The Morgan fingerprint density at radius 3 is 2.39 bits per heavy atom. The molecule has 0 bridgehead atoms. The zero-order valence-corrected chi connectivity index (χ0v) is 23.5. The predicted octanol–water partition coefficient (Wildman–Crippen LogP) is 6.03. The minimum atomic E-state index is -0.935. The van der Waals surface area contributed by atoms with Crippen LogP contribution >= 0.6 is 23.1 Å². The maximum atomic E-state index is 11.8. The van der Waals surface area contributed by atoms with E-state index in [1.165, 1.54) is 29.9 Å². The number of carboxylic acids is 1. The number of thioether (sulfide) groups is 1. The average molecular weight is 557 g/mol. The molecule has 1 fully saturated rings. The molecular weight excluding hydrogens is 524 g/mol. The molecule has 38 heavy (non-hydrogen) atoms. The quantitative estimate of drug-likeness (QED) is 0.393. The summed E-state index contributed by atoms with van der Waals surface area (Å²) >= 11 is 3.28. The van der Waals surface area contributed by atoms with Gasteiger partial charge in [0.1, 0.15) is 6.10 Å². The summed E-state index contributed by atoms with van der Waals surface area (Å²) in [5.74, 6) is -1.73. The number of ether oxygens (including phenoxy) is 3. The molecule has 1 aliphatic carbocycles. The molecule has 1 N–H and O–H groups in total. The topological polar surface area (TPSA) is 99.1 Å². The van der Waals surface area contributed by atoms with E-state index < -0.39 is 24.3 Å². The van der Waals surface area contributed by atoms with Gasteiger partial charge in [0.2, 0.25) is 6.29 Å². The molecule has 0 spiro atoms. The van der Waals surface area contributed by atoms with Crippen molar-refractivity contribution in [3.63, 3.8) is 0 Å². The third-order valence-corrected chi connectivity index (χ3v) is 9.01. The van der Waals surface area contributed by atoms with Crippen LogP contribution < -0.4 is 0 Å². The molecule has 0 radical (unpaired) electrons. The van der Waals surface area contributed by atoms with Crippen LogP contribution in [0.5, 0.6) is 0 Å². The highest BCUT2D eigenvalue weighted by Gasteiger charge is 2.43. The summed E-state index contributed by atoms with van der Waals surface area (Å²) in [6.45, 7) is 4.89. The third kappa shape index (κ3) is 6.76. The number of carboxylic acid groups (broad SMARTS) is 1. The summed E-state index contributed by atoms with van der Waals surface area (Å²) in [7, 11) is 0. The summed E-state index contributed by atoms with van der Waals surface area (Å²) in [6.07, 6.45) is 5.44. The maximum absolute atomic E-state index is 11.8. The fourth-order valence-corrected chi connectivity index (χ4v) is 6.90. The number of hydrogen-bond acceptors (Lipinski definition) is 8. The van der Waals surface area contributed by atoms with Gasteiger partial charge < -0.3 is 19.3 Å². The van der Waals surface area contributed by atoms with E-state index in [-0.39, 0.29) is 22.9 Å². The molecule has 4 atom stereocenters. The lowest BCUT2D eigenvalue weighted by Crippen LogP contribution is -2.50. The first-order valence-electron chi connectivity index (χ1n) is 12.5. The Kier molecular flexibility index (Phi) is 9.12. The SMILES string of the molecule is CS[C@H]1C(C2=CC(Cc3ccc(-c4ccc(C(=O)O)cc4)s3)=C(C)CC2)O[C@H](OC(C)=O)C[C@@H]1OC(C)=O. The Morgan fingerprint density at radius 2 is 1.76 bits per heavy atom. The fourth-order valence-electron chi connectivity index (χ4n) is 4.91. The molecule has 1 aromatic carbocycles. The highest BCUT2D eigenvalue weighted by Crippen LogP contribution is 2.39. The van der Waals surface area contributed by atoms with Gasteiger partial charge in [0.25, 0.3) is 0 Å². The van der Waals surface area contributed by atoms with E-state index >= 15 is 0 Å². The molecule has 1 saturated heterocycles. The second-order valence-corrected chi connectivity index (χ2v) is 11.7. The maximum Gasteiger partial charge on any atom is 0.335 e. The lowest BCUT2D eigenvalue weighted by molar-refractivity contribution is -0.211. The lowest BCUT2D eigenvalue weighted by Gasteiger charge is -2.41. The summed E-state index contributed by atoms with van der Waals surface area (Å²) in [4.78, 5) is 36.9. The number of esters is 2. The van der Waals surface area contributed by atoms with Crippen LogP contribution in [0, 0.1) is 0 Å². The minimum absolute atomic E-state index is 0.112. The van der Waals surface area contributed by atoms with Crippen molar-refractivity contribution in [2.45, 2.75) is 70.2 Å². The van der Waals surface area contributed by atoms with Crippen LogP contribution in [-0.4, -0.2) is 53.0 Å². The number of carbonyl (C=O) groups is 3. The first-order chi connectivity index (χ1) is 18.1. The highest BCUT2D eigenvalue weighted by molar-refractivity contribution is 7.99. The van der Waals surface area contributed by atoms with Crippen molar-refractivity contribution in [3.05, 3.63) is 69.6 Å². The minimum Gasteiger partial charge on any atom is -0.478 e. The summed E-state index contributed by atoms with van der Waals surface area (Å²) in [6, 6.07) is 11.1. The Balaban J connectivity index is 1.55. The van der Waals surface area contributed by atoms with E-state index in [0.29, 0.717) is 6.42 Å². The van der Waals surface area contributed by atoms with E-state index in [0.717, 1.165) is 35.3 Å². The number of carbonyl (C=O) groups excluding carboxylic acids is 2. The predicted molar refractivity (Wildman–Crippen MR) is 148 cm³/mol. The lowest BCUT2D eigenvalue weighted by atomic mass is 9.86. The van der Waals surface area contributed by atoms with Crippen molar-refractivity contribution >= 4 is 41.0 Å². The summed E-state index contributed by atoms with van der Waals surface area (Å²) in [5.41, 5.74) is 4.91. The fraction of sp³-hybridized carbons (Fsp3) is 0.414. The number of hydrogen-bond donors (Lipinski definition) is 1. The molecule has 0 saturated carbocycles. The Morgan fingerprint density at radius 1 is 1.05 bits per heavy atom. The Bertz CT molecular complexity index is 1260. The van der Waals surface area contributed by atoms with Crippen LogP contribution in [0.25, 0.3) is 10.4 Å². The van der Waals surface area contributed by atoms with E-state index in [2.05, 4.69) is 25.1 Å². The molecule has 2 heterocycles. The van der Waals surface area contributed by atoms with Gasteiger partial charge in [-0.25, -0.2) is 4.79 Å². The summed E-state index contributed by atoms with van der Waals surface area (Å²) in [5, 5.41) is 9.04. The van der Waals surface area contributed by atoms with Crippen LogP contribution in [0.2, 0.25) is 0 Å². The number of benzene rings is 1. The molecule has 1 aromatic heterocycles. The second kappa shape index (κ2) is 12.3. The number of allylic oxidation sites excluding steroid dienone is 3. The zero-order chi connectivity index (χ0) is 27.4. The smallest absolute Gasteiger partial charge is 0.335 e. The molecule has 2 aromatic rings. The van der Waals surface area contributed by atoms with E-state index in [1.54, 1.807) is 35.2 Å². The van der Waals surface area contributed by atoms with Crippen LogP contribution in [0.1, 0.15) is 55.3 Å². The van der Waals surface area contributed by atoms with Gasteiger partial charge in [-0.05, 0) is 67.0 Å². The van der Waals surface area contributed by atoms with Crippen LogP contribution in [0.15, 0.2) is 59.2 Å². The van der Waals surface area contributed by atoms with Gasteiger partial charge in [-0.3, -0.25) is 9.59 Å². The average Bonchev–Trinajstić information content (AvgIpc) is 3.33. The van der Waals surface area contributed by atoms with E-state index in [1.807, 2.05) is 18.4 Å². The van der Waals surface area contributed by atoms with Gasteiger partial charge in [0.05, 0.1) is 16.9 Å². The molecule has 9 heteroatoms. The third-order valence-electron chi connectivity index (χ3n) is 6.78.